The number of anilines is 3. The van der Waals surface area contributed by atoms with Crippen LogP contribution in [0.3, 0.4) is 0 Å². The summed E-state index contributed by atoms with van der Waals surface area (Å²) in [6.45, 7) is 1.67. The minimum absolute atomic E-state index is 0.0202. The van der Waals surface area contributed by atoms with E-state index in [1.165, 1.54) is 6.07 Å². The van der Waals surface area contributed by atoms with Crippen LogP contribution >= 0.6 is 11.6 Å². The fourth-order valence-electron chi connectivity index (χ4n) is 1.35. The molecule has 0 fully saturated rings. The number of halogens is 3. The van der Waals surface area contributed by atoms with Crippen molar-refractivity contribution in [3.8, 4) is 0 Å². The third-order valence-electron chi connectivity index (χ3n) is 2.29. The van der Waals surface area contributed by atoms with Crippen molar-refractivity contribution in [1.82, 2.24) is 9.97 Å². The van der Waals surface area contributed by atoms with Gasteiger partial charge in [-0.2, -0.15) is 4.98 Å². The summed E-state index contributed by atoms with van der Waals surface area (Å²) >= 11 is 5.69. The second-order valence-corrected chi connectivity index (χ2v) is 3.93. The number of hydrogen-bond acceptors (Lipinski definition) is 4. The first-order valence-electron chi connectivity index (χ1n) is 4.99. The van der Waals surface area contributed by atoms with Crippen LogP contribution in [0.4, 0.5) is 26.0 Å². The van der Waals surface area contributed by atoms with Crippen LogP contribution < -0.4 is 11.1 Å². The summed E-state index contributed by atoms with van der Waals surface area (Å²) in [7, 11) is 0. The van der Waals surface area contributed by atoms with E-state index in [0.29, 0.717) is 17.1 Å². The predicted molar refractivity (Wildman–Crippen MR) is 65.8 cm³/mol. The third kappa shape index (κ3) is 2.48. The summed E-state index contributed by atoms with van der Waals surface area (Å²) in [6, 6.07) is 3.37. The first-order chi connectivity index (χ1) is 8.47. The molecule has 0 unspecified atom stereocenters. The molecule has 0 aliphatic heterocycles. The molecule has 1 aromatic carbocycles. The molecule has 7 heteroatoms. The summed E-state index contributed by atoms with van der Waals surface area (Å²) in [4.78, 5) is 7.75. The van der Waals surface area contributed by atoms with Gasteiger partial charge in [0.05, 0.1) is 11.4 Å². The Balaban J connectivity index is 2.36. The zero-order valence-electron chi connectivity index (χ0n) is 9.34. The summed E-state index contributed by atoms with van der Waals surface area (Å²) in [6.07, 6.45) is 0. The molecule has 1 heterocycles. The molecule has 2 aromatic rings. The number of nitrogens with one attached hydrogen (secondary N) is 1. The number of nitrogen functional groups attached to an aromatic ring is 1. The van der Waals surface area contributed by atoms with E-state index in [4.69, 9.17) is 17.3 Å². The van der Waals surface area contributed by atoms with E-state index in [-0.39, 0.29) is 11.1 Å². The Morgan fingerprint density at radius 1 is 1.22 bits per heavy atom. The zero-order chi connectivity index (χ0) is 13.3. The van der Waals surface area contributed by atoms with E-state index in [2.05, 4.69) is 15.3 Å². The Kier molecular flexibility index (Phi) is 3.29. The second kappa shape index (κ2) is 4.73. The molecule has 0 saturated carbocycles. The zero-order valence-corrected chi connectivity index (χ0v) is 10.1. The molecule has 18 heavy (non-hydrogen) atoms. The van der Waals surface area contributed by atoms with Crippen LogP contribution in [0.5, 0.6) is 0 Å². The smallest absolute Gasteiger partial charge is 0.224 e. The maximum Gasteiger partial charge on any atom is 0.224 e. The average molecular weight is 271 g/mol. The molecule has 4 nitrogen and oxygen atoms in total. The summed E-state index contributed by atoms with van der Waals surface area (Å²) < 4.78 is 25.8. The van der Waals surface area contributed by atoms with Crippen LogP contribution in [0, 0.1) is 18.6 Å². The number of aryl methyl sites for hydroxylation is 1. The third-order valence-corrected chi connectivity index (χ3v) is 2.46. The normalized spacial score (nSPS) is 10.4. The standard InChI is InChI=1S/C11H9ClF2N4/c1-5-9(15)10(18-11(12)16-5)17-6-2-3-7(13)8(14)4-6/h2-4H,15H2,1H3,(H,16,17,18). The highest BCUT2D eigenvalue weighted by Gasteiger charge is 2.09. The lowest BCUT2D eigenvalue weighted by molar-refractivity contribution is 0.509. The maximum atomic E-state index is 13.0. The van der Waals surface area contributed by atoms with Crippen molar-refractivity contribution in [1.29, 1.82) is 0 Å². The Morgan fingerprint density at radius 3 is 2.61 bits per heavy atom. The fraction of sp³-hybridized carbons (Fsp3) is 0.0909. The average Bonchev–Trinajstić information content (AvgIpc) is 2.30. The van der Waals surface area contributed by atoms with Crippen molar-refractivity contribution in [2.75, 3.05) is 11.1 Å². The van der Waals surface area contributed by atoms with Crippen molar-refractivity contribution in [3.63, 3.8) is 0 Å². The van der Waals surface area contributed by atoms with Gasteiger partial charge in [0.1, 0.15) is 0 Å². The van der Waals surface area contributed by atoms with Gasteiger partial charge < -0.3 is 11.1 Å². The van der Waals surface area contributed by atoms with E-state index in [0.717, 1.165) is 12.1 Å². The number of nitrogens with zero attached hydrogens (tertiary/aromatic N) is 2. The molecule has 3 N–H and O–H groups in total. The van der Waals surface area contributed by atoms with Crippen LogP contribution in [-0.4, -0.2) is 9.97 Å². The Bertz CT molecular complexity index is 604. The van der Waals surface area contributed by atoms with Gasteiger partial charge in [-0.1, -0.05) is 0 Å². The molecule has 2 rings (SSSR count). The minimum Gasteiger partial charge on any atom is -0.394 e. The molecule has 0 atom stereocenters. The molecule has 0 aliphatic rings. The quantitative estimate of drug-likeness (QED) is 0.823. The van der Waals surface area contributed by atoms with E-state index in [1.807, 2.05) is 0 Å². The van der Waals surface area contributed by atoms with Crippen molar-refractivity contribution in [2.24, 2.45) is 0 Å². The van der Waals surface area contributed by atoms with Gasteiger partial charge in [-0.3, -0.25) is 0 Å². The lowest BCUT2D eigenvalue weighted by Gasteiger charge is -2.10. The number of benzene rings is 1. The summed E-state index contributed by atoms with van der Waals surface area (Å²) in [5, 5.41) is 2.77. The molecule has 0 bridgehead atoms. The van der Waals surface area contributed by atoms with Gasteiger partial charge in [0.2, 0.25) is 5.28 Å². The topological polar surface area (TPSA) is 63.8 Å². The Morgan fingerprint density at radius 2 is 1.94 bits per heavy atom. The number of hydrogen-bond donors (Lipinski definition) is 2. The first-order valence-corrected chi connectivity index (χ1v) is 5.37. The molecule has 0 spiro atoms. The highest BCUT2D eigenvalue weighted by atomic mass is 35.5. The maximum absolute atomic E-state index is 13.0. The van der Waals surface area contributed by atoms with Crippen LogP contribution in [0.15, 0.2) is 18.2 Å². The Hall–Kier alpha value is -1.95. The second-order valence-electron chi connectivity index (χ2n) is 3.59. The van der Waals surface area contributed by atoms with Crippen LogP contribution in [0.1, 0.15) is 5.69 Å². The van der Waals surface area contributed by atoms with Gasteiger partial charge in [0, 0.05) is 11.8 Å². The lowest BCUT2D eigenvalue weighted by atomic mass is 10.3. The van der Waals surface area contributed by atoms with Gasteiger partial charge in [-0.05, 0) is 30.7 Å². The van der Waals surface area contributed by atoms with Gasteiger partial charge >= 0.3 is 0 Å². The molecular weight excluding hydrogens is 262 g/mol. The van der Waals surface area contributed by atoms with E-state index in [9.17, 15) is 8.78 Å². The molecule has 94 valence electrons. The first kappa shape index (κ1) is 12.5. The molecule has 0 radical (unpaired) electrons. The van der Waals surface area contributed by atoms with Crippen LogP contribution in [-0.2, 0) is 0 Å². The van der Waals surface area contributed by atoms with Gasteiger partial charge in [0.15, 0.2) is 17.5 Å². The number of rotatable bonds is 2. The van der Waals surface area contributed by atoms with Gasteiger partial charge in [0.25, 0.3) is 0 Å². The van der Waals surface area contributed by atoms with Crippen LogP contribution in [0.2, 0.25) is 5.28 Å². The van der Waals surface area contributed by atoms with Crippen molar-refractivity contribution in [3.05, 3.63) is 40.8 Å². The van der Waals surface area contributed by atoms with E-state index >= 15 is 0 Å². The van der Waals surface area contributed by atoms with Gasteiger partial charge in [-0.15, -0.1) is 0 Å². The highest BCUT2D eigenvalue weighted by Crippen LogP contribution is 2.25. The lowest BCUT2D eigenvalue weighted by Crippen LogP contribution is -2.04. The molecule has 0 amide bonds. The van der Waals surface area contributed by atoms with Crippen molar-refractivity contribution in [2.45, 2.75) is 6.92 Å². The Labute approximate surface area is 107 Å². The number of aromatic nitrogens is 2. The molecular formula is C11H9ClF2N4. The molecule has 0 aliphatic carbocycles. The highest BCUT2D eigenvalue weighted by molar-refractivity contribution is 6.28. The van der Waals surface area contributed by atoms with Crippen LogP contribution in [0.25, 0.3) is 0 Å². The number of nitrogens with two attached hydrogens (primary N) is 1. The monoisotopic (exact) mass is 270 g/mol. The summed E-state index contributed by atoms with van der Waals surface area (Å²) in [5.74, 6) is -1.64. The minimum atomic E-state index is -0.963. The van der Waals surface area contributed by atoms with E-state index < -0.39 is 11.6 Å². The summed E-state index contributed by atoms with van der Waals surface area (Å²) in [5.41, 5.74) is 6.86. The molecule has 1 aromatic heterocycles. The van der Waals surface area contributed by atoms with Crippen molar-refractivity contribution >= 4 is 28.8 Å². The van der Waals surface area contributed by atoms with E-state index in [1.54, 1.807) is 6.92 Å². The molecule has 0 saturated heterocycles. The SMILES string of the molecule is Cc1nc(Cl)nc(Nc2ccc(F)c(F)c2)c1N. The predicted octanol–water partition coefficient (Wildman–Crippen LogP) is 3.04. The largest absolute Gasteiger partial charge is 0.394 e. The fourth-order valence-corrected chi connectivity index (χ4v) is 1.56. The van der Waals surface area contributed by atoms with Crippen molar-refractivity contribution < 1.29 is 8.78 Å². The van der Waals surface area contributed by atoms with Gasteiger partial charge in [-0.25, -0.2) is 13.8 Å².